The van der Waals surface area contributed by atoms with Gasteiger partial charge in [0.1, 0.15) is 0 Å². The Balaban J connectivity index is 2.57. The molecule has 0 fully saturated rings. The van der Waals surface area contributed by atoms with Crippen molar-refractivity contribution in [1.82, 2.24) is 4.98 Å². The average molecular weight is 308 g/mol. The monoisotopic (exact) mass is 308 g/mol. The number of nitrogens with zero attached hydrogens (tertiary/aromatic N) is 2. The molecule has 6 nitrogen and oxygen atoms in total. The van der Waals surface area contributed by atoms with Gasteiger partial charge in [0.05, 0.1) is 23.4 Å². The first-order valence-electron chi connectivity index (χ1n) is 6.35. The number of aromatic nitrogens is 1. The van der Waals surface area contributed by atoms with Crippen LogP contribution in [0.1, 0.15) is 6.92 Å². The van der Waals surface area contributed by atoms with Crippen LogP contribution in [0.25, 0.3) is 10.9 Å². The van der Waals surface area contributed by atoms with E-state index in [-0.39, 0.29) is 6.54 Å². The van der Waals surface area contributed by atoms with Crippen LogP contribution in [0.15, 0.2) is 36.5 Å². The fourth-order valence-electron chi connectivity index (χ4n) is 2.03. The second-order valence-corrected chi connectivity index (χ2v) is 6.79. The fraction of sp³-hybridized carbons (Fsp3) is 0.286. The van der Waals surface area contributed by atoms with E-state index in [4.69, 9.17) is 5.11 Å². The van der Waals surface area contributed by atoms with Crippen LogP contribution in [-0.2, 0) is 14.8 Å². The lowest BCUT2D eigenvalue weighted by Gasteiger charge is -2.25. The molecule has 0 saturated heterocycles. The maximum Gasteiger partial charge on any atom is 0.308 e. The molecule has 1 atom stereocenters. The van der Waals surface area contributed by atoms with E-state index in [1.54, 1.807) is 24.4 Å². The molecule has 0 radical (unpaired) electrons. The molecular weight excluding hydrogens is 292 g/mol. The summed E-state index contributed by atoms with van der Waals surface area (Å²) >= 11 is 0. The number of aliphatic carboxylic acids is 1. The first kappa shape index (κ1) is 15.2. The number of benzene rings is 1. The second kappa shape index (κ2) is 5.69. The number of anilines is 1. The van der Waals surface area contributed by atoms with Crippen LogP contribution in [0.4, 0.5) is 5.69 Å². The van der Waals surface area contributed by atoms with E-state index in [1.807, 2.05) is 12.1 Å². The molecule has 1 unspecified atom stereocenters. The number of sulfonamides is 1. The lowest BCUT2D eigenvalue weighted by Crippen LogP contribution is -2.36. The standard InChI is InChI=1S/C14H16N2O4S/c1-10(14(17)18)9-16(21(2,19)20)12-7-3-5-11-6-4-8-15-13(11)12/h3-8,10H,9H2,1-2H3,(H,17,18). The maximum atomic E-state index is 12.0. The quantitative estimate of drug-likeness (QED) is 0.908. The number of pyridine rings is 1. The van der Waals surface area contributed by atoms with Crippen LogP contribution in [-0.4, -0.2) is 37.3 Å². The van der Waals surface area contributed by atoms with Gasteiger partial charge in [0.2, 0.25) is 10.0 Å². The second-order valence-electron chi connectivity index (χ2n) is 4.89. The van der Waals surface area contributed by atoms with Gasteiger partial charge in [-0.2, -0.15) is 0 Å². The van der Waals surface area contributed by atoms with Crippen molar-refractivity contribution >= 4 is 32.6 Å². The molecule has 0 bridgehead atoms. The average Bonchev–Trinajstić information content (AvgIpc) is 2.42. The molecule has 1 N–H and O–H groups in total. The highest BCUT2D eigenvalue weighted by Crippen LogP contribution is 2.27. The van der Waals surface area contributed by atoms with Gasteiger partial charge in [-0.3, -0.25) is 14.1 Å². The van der Waals surface area contributed by atoms with Crippen molar-refractivity contribution in [2.24, 2.45) is 5.92 Å². The molecule has 0 amide bonds. The van der Waals surface area contributed by atoms with Crippen molar-refractivity contribution in [2.45, 2.75) is 6.92 Å². The molecule has 1 aromatic heterocycles. The minimum absolute atomic E-state index is 0.135. The highest BCUT2D eigenvalue weighted by Gasteiger charge is 2.25. The van der Waals surface area contributed by atoms with Crippen molar-refractivity contribution in [3.8, 4) is 0 Å². The number of rotatable bonds is 5. The molecule has 1 aromatic carbocycles. The molecule has 0 saturated carbocycles. The summed E-state index contributed by atoms with van der Waals surface area (Å²) in [5.41, 5.74) is 0.923. The fourth-order valence-corrected chi connectivity index (χ4v) is 3.03. The molecule has 2 aromatic rings. The smallest absolute Gasteiger partial charge is 0.308 e. The summed E-state index contributed by atoms with van der Waals surface area (Å²) in [6.07, 6.45) is 2.64. The topological polar surface area (TPSA) is 87.6 Å². The zero-order chi connectivity index (χ0) is 15.6. The number of para-hydroxylation sites is 1. The van der Waals surface area contributed by atoms with E-state index < -0.39 is 21.9 Å². The largest absolute Gasteiger partial charge is 0.481 e. The Morgan fingerprint density at radius 3 is 2.62 bits per heavy atom. The molecule has 1 heterocycles. The van der Waals surface area contributed by atoms with Crippen LogP contribution in [0.5, 0.6) is 0 Å². The number of carbonyl (C=O) groups is 1. The van der Waals surface area contributed by atoms with Gasteiger partial charge in [0.15, 0.2) is 0 Å². The Hall–Kier alpha value is -2.15. The number of fused-ring (bicyclic) bond motifs is 1. The molecule has 7 heteroatoms. The van der Waals surface area contributed by atoms with Crippen LogP contribution >= 0.6 is 0 Å². The first-order valence-corrected chi connectivity index (χ1v) is 8.20. The summed E-state index contributed by atoms with van der Waals surface area (Å²) < 4.78 is 25.2. The molecular formula is C14H16N2O4S. The van der Waals surface area contributed by atoms with Crippen LogP contribution in [0.3, 0.4) is 0 Å². The summed E-state index contributed by atoms with van der Waals surface area (Å²) in [7, 11) is -3.61. The predicted molar refractivity (Wildman–Crippen MR) is 80.7 cm³/mol. The third kappa shape index (κ3) is 3.30. The van der Waals surface area contributed by atoms with Gasteiger partial charge in [0.25, 0.3) is 0 Å². The van der Waals surface area contributed by atoms with Gasteiger partial charge in [-0.15, -0.1) is 0 Å². The van der Waals surface area contributed by atoms with Crippen molar-refractivity contribution in [3.05, 3.63) is 36.5 Å². The minimum atomic E-state index is -3.61. The third-order valence-electron chi connectivity index (χ3n) is 3.14. The highest BCUT2D eigenvalue weighted by molar-refractivity contribution is 7.92. The highest BCUT2D eigenvalue weighted by atomic mass is 32.2. The van der Waals surface area contributed by atoms with Gasteiger partial charge in [-0.05, 0) is 12.1 Å². The normalized spacial score (nSPS) is 13.0. The summed E-state index contributed by atoms with van der Waals surface area (Å²) in [6.45, 7) is 1.34. The summed E-state index contributed by atoms with van der Waals surface area (Å²) in [5, 5.41) is 9.82. The molecule has 2 rings (SSSR count). The SMILES string of the molecule is CC(CN(c1cccc2cccnc12)S(C)(=O)=O)C(=O)O. The first-order chi connectivity index (χ1) is 9.80. The van der Waals surface area contributed by atoms with Gasteiger partial charge in [0, 0.05) is 18.1 Å². The van der Waals surface area contributed by atoms with E-state index in [0.29, 0.717) is 11.2 Å². The van der Waals surface area contributed by atoms with Crippen molar-refractivity contribution in [1.29, 1.82) is 0 Å². The number of hydrogen-bond donors (Lipinski definition) is 1. The predicted octanol–water partition coefficient (Wildman–Crippen LogP) is 1.72. The van der Waals surface area contributed by atoms with Crippen LogP contribution < -0.4 is 4.31 Å². The number of hydrogen-bond acceptors (Lipinski definition) is 4. The van der Waals surface area contributed by atoms with E-state index in [9.17, 15) is 13.2 Å². The molecule has 0 aliphatic carbocycles. The number of carboxylic acids is 1. The minimum Gasteiger partial charge on any atom is -0.481 e. The Morgan fingerprint density at radius 1 is 1.33 bits per heavy atom. The molecule has 112 valence electrons. The van der Waals surface area contributed by atoms with Crippen LogP contribution in [0.2, 0.25) is 0 Å². The van der Waals surface area contributed by atoms with Crippen molar-refractivity contribution in [3.63, 3.8) is 0 Å². The Labute approximate surface area is 123 Å². The van der Waals surface area contributed by atoms with Crippen LogP contribution in [0, 0.1) is 5.92 Å². The van der Waals surface area contributed by atoms with E-state index >= 15 is 0 Å². The summed E-state index contributed by atoms with van der Waals surface area (Å²) in [4.78, 5) is 15.2. The van der Waals surface area contributed by atoms with E-state index in [0.717, 1.165) is 15.9 Å². The Morgan fingerprint density at radius 2 is 2.00 bits per heavy atom. The van der Waals surface area contributed by atoms with Crippen molar-refractivity contribution < 1.29 is 18.3 Å². The van der Waals surface area contributed by atoms with Gasteiger partial charge < -0.3 is 5.11 Å². The van der Waals surface area contributed by atoms with Gasteiger partial charge >= 0.3 is 5.97 Å². The maximum absolute atomic E-state index is 12.0. The van der Waals surface area contributed by atoms with E-state index in [1.165, 1.54) is 6.92 Å². The van der Waals surface area contributed by atoms with E-state index in [2.05, 4.69) is 4.98 Å². The molecule has 0 spiro atoms. The molecule has 0 aliphatic rings. The summed E-state index contributed by atoms with van der Waals surface area (Å²) in [5.74, 6) is -1.87. The van der Waals surface area contributed by atoms with Gasteiger partial charge in [-0.25, -0.2) is 8.42 Å². The third-order valence-corrected chi connectivity index (χ3v) is 4.29. The van der Waals surface area contributed by atoms with Gasteiger partial charge in [-0.1, -0.05) is 25.1 Å². The Bertz CT molecular complexity index is 768. The summed E-state index contributed by atoms with van der Waals surface area (Å²) in [6, 6.07) is 8.77. The Kier molecular flexibility index (Phi) is 4.13. The lowest BCUT2D eigenvalue weighted by atomic mass is 10.1. The zero-order valence-corrected chi connectivity index (χ0v) is 12.5. The number of carboxylic acid groups (broad SMARTS) is 1. The zero-order valence-electron chi connectivity index (χ0n) is 11.7. The van der Waals surface area contributed by atoms with Crippen molar-refractivity contribution in [2.75, 3.05) is 17.1 Å². The molecule has 21 heavy (non-hydrogen) atoms. The molecule has 0 aliphatic heterocycles. The lowest BCUT2D eigenvalue weighted by molar-refractivity contribution is -0.140.